The summed E-state index contributed by atoms with van der Waals surface area (Å²) in [7, 11) is 0. The zero-order valence-corrected chi connectivity index (χ0v) is 25.5. The maximum atomic E-state index is 12.7. The summed E-state index contributed by atoms with van der Waals surface area (Å²) in [6, 6.07) is -0.486. The summed E-state index contributed by atoms with van der Waals surface area (Å²) in [5, 5.41) is 24.0. The Morgan fingerprint density at radius 2 is 1.14 bits per heavy atom. The zero-order chi connectivity index (χ0) is 31.3. The van der Waals surface area contributed by atoms with E-state index in [0.717, 1.165) is 25.8 Å². The number of urea groups is 1. The second-order valence-corrected chi connectivity index (χ2v) is 11.0. The molecule has 1 aliphatic rings. The Morgan fingerprint density at radius 1 is 0.643 bits per heavy atom. The van der Waals surface area contributed by atoms with Gasteiger partial charge in [0.25, 0.3) is 0 Å². The van der Waals surface area contributed by atoms with Crippen molar-refractivity contribution >= 4 is 29.8 Å². The number of nitrogens with one attached hydrogen (secondary N) is 4. The van der Waals surface area contributed by atoms with Gasteiger partial charge in [0, 0.05) is 71.9 Å². The Bertz CT molecular complexity index is 845. The molecule has 0 aromatic carbocycles. The Labute approximate surface area is 249 Å². The average molecular weight is 601 g/mol. The van der Waals surface area contributed by atoms with Crippen LogP contribution in [0, 0.1) is 5.92 Å². The van der Waals surface area contributed by atoms with Gasteiger partial charge in [0.1, 0.15) is 0 Å². The van der Waals surface area contributed by atoms with Crippen LogP contribution in [0.1, 0.15) is 46.5 Å². The predicted molar refractivity (Wildman–Crippen MR) is 158 cm³/mol. The minimum atomic E-state index is -0.972. The van der Waals surface area contributed by atoms with Crippen LogP contribution >= 0.6 is 0 Å². The fourth-order valence-electron chi connectivity index (χ4n) is 4.44. The van der Waals surface area contributed by atoms with Crippen LogP contribution in [0.4, 0.5) is 4.79 Å². The first kappa shape index (κ1) is 37.0. The SMILES string of the molecule is CCN1CCN(CC(=O)O)CCN(CC(=O)O)CCN(CC(=O)NCCC(=O)NNC(=O)NCCCCC(C)C)CC1. The highest BCUT2D eigenvalue weighted by Gasteiger charge is 2.20. The second kappa shape index (κ2) is 21.7. The Balaban J connectivity index is 2.51. The van der Waals surface area contributed by atoms with Crippen LogP contribution in [0.25, 0.3) is 0 Å². The molecular weight excluding hydrogens is 548 g/mol. The van der Waals surface area contributed by atoms with Crippen LogP contribution < -0.4 is 21.5 Å². The Morgan fingerprint density at radius 3 is 1.62 bits per heavy atom. The van der Waals surface area contributed by atoms with E-state index in [2.05, 4.69) is 40.2 Å². The minimum absolute atomic E-state index is 0.0107. The largest absolute Gasteiger partial charge is 0.480 e. The lowest BCUT2D eigenvalue weighted by Crippen LogP contribution is -2.49. The molecule has 42 heavy (non-hydrogen) atoms. The number of hydrazine groups is 1. The van der Waals surface area contributed by atoms with E-state index < -0.39 is 23.9 Å². The number of aliphatic carboxylic acids is 2. The molecule has 0 aromatic heterocycles. The lowest BCUT2D eigenvalue weighted by Gasteiger charge is -2.33. The molecule has 1 saturated heterocycles. The van der Waals surface area contributed by atoms with Crippen molar-refractivity contribution in [3.05, 3.63) is 0 Å². The number of nitrogens with zero attached hydrogens (tertiary/aromatic N) is 4. The molecule has 0 aliphatic carbocycles. The number of likely N-dealkylation sites (N-methyl/N-ethyl adjacent to an activating group) is 1. The van der Waals surface area contributed by atoms with Crippen molar-refractivity contribution in [1.82, 2.24) is 41.1 Å². The lowest BCUT2D eigenvalue weighted by atomic mass is 10.1. The zero-order valence-electron chi connectivity index (χ0n) is 25.5. The molecule has 1 rings (SSSR count). The molecule has 0 bridgehead atoms. The maximum Gasteiger partial charge on any atom is 0.333 e. The smallest absolute Gasteiger partial charge is 0.333 e. The Hall–Kier alpha value is -3.01. The number of amides is 4. The second-order valence-electron chi connectivity index (χ2n) is 11.0. The molecule has 1 heterocycles. The lowest BCUT2D eigenvalue weighted by molar-refractivity contribution is -0.140. The van der Waals surface area contributed by atoms with Gasteiger partial charge in [-0.2, -0.15) is 0 Å². The molecule has 242 valence electrons. The van der Waals surface area contributed by atoms with Gasteiger partial charge in [-0.15, -0.1) is 0 Å². The molecule has 0 saturated carbocycles. The van der Waals surface area contributed by atoms with Crippen molar-refractivity contribution < 1.29 is 34.2 Å². The van der Waals surface area contributed by atoms with E-state index in [9.17, 15) is 34.2 Å². The topological polar surface area (TPSA) is 187 Å². The van der Waals surface area contributed by atoms with Gasteiger partial charge in [-0.25, -0.2) is 10.2 Å². The van der Waals surface area contributed by atoms with Crippen LogP contribution in [-0.2, 0) is 19.2 Å². The molecule has 1 aliphatic heterocycles. The number of carbonyl (C=O) groups is 5. The molecule has 4 amide bonds. The fourth-order valence-corrected chi connectivity index (χ4v) is 4.44. The number of carboxylic acid groups (broad SMARTS) is 2. The van der Waals surface area contributed by atoms with E-state index in [1.54, 1.807) is 4.90 Å². The molecule has 1 fully saturated rings. The van der Waals surface area contributed by atoms with E-state index in [1.165, 1.54) is 0 Å². The first-order chi connectivity index (χ1) is 20.0. The van der Waals surface area contributed by atoms with Gasteiger partial charge >= 0.3 is 18.0 Å². The van der Waals surface area contributed by atoms with Crippen LogP contribution in [0.5, 0.6) is 0 Å². The van der Waals surface area contributed by atoms with Crippen molar-refractivity contribution in [2.45, 2.75) is 46.5 Å². The van der Waals surface area contributed by atoms with Crippen molar-refractivity contribution in [2.75, 3.05) is 91.6 Å². The summed E-state index contributed by atoms with van der Waals surface area (Å²) < 4.78 is 0. The monoisotopic (exact) mass is 600 g/mol. The molecule has 0 unspecified atom stereocenters. The first-order valence-electron chi connectivity index (χ1n) is 14.9. The number of rotatable bonds is 15. The summed E-state index contributed by atoms with van der Waals surface area (Å²) in [5.74, 6) is -1.97. The van der Waals surface area contributed by atoms with Crippen molar-refractivity contribution in [2.24, 2.45) is 5.92 Å². The molecule has 15 heteroatoms. The molecule has 6 N–H and O–H groups in total. The van der Waals surface area contributed by atoms with E-state index in [4.69, 9.17) is 0 Å². The Kier molecular flexibility index (Phi) is 19.1. The summed E-state index contributed by atoms with van der Waals surface area (Å²) in [6.07, 6.45) is 2.97. The number of unbranched alkanes of at least 4 members (excludes halogenated alkanes) is 1. The van der Waals surface area contributed by atoms with Crippen LogP contribution in [0.15, 0.2) is 0 Å². The van der Waals surface area contributed by atoms with Gasteiger partial charge < -0.3 is 25.7 Å². The molecule has 0 spiro atoms. The van der Waals surface area contributed by atoms with Gasteiger partial charge in [-0.1, -0.05) is 33.6 Å². The predicted octanol–water partition coefficient (Wildman–Crippen LogP) is -0.940. The van der Waals surface area contributed by atoms with E-state index in [0.29, 0.717) is 64.8 Å². The van der Waals surface area contributed by atoms with Crippen molar-refractivity contribution in [1.29, 1.82) is 0 Å². The van der Waals surface area contributed by atoms with E-state index >= 15 is 0 Å². The van der Waals surface area contributed by atoms with Gasteiger partial charge in [-0.3, -0.25) is 39.3 Å². The molecule has 0 radical (unpaired) electrons. The molecule has 0 aromatic rings. The molecular formula is C27H52N8O7. The standard InChI is InChI=1S/C27H52N8O7/c1-4-32-11-13-33(15-16-35(21-26(40)41)18-17-34(14-12-32)20-25(38)39)19-24(37)28-10-8-23(36)30-31-27(42)29-9-6-5-7-22(2)3/h22H,4-21H2,1-3H3,(H,28,37)(H,30,36)(H,38,39)(H,40,41)(H2,29,31,42). The number of hydrogen-bond acceptors (Lipinski definition) is 9. The van der Waals surface area contributed by atoms with Gasteiger partial charge in [0.15, 0.2) is 0 Å². The van der Waals surface area contributed by atoms with Gasteiger partial charge in [0.05, 0.1) is 19.6 Å². The van der Waals surface area contributed by atoms with Crippen LogP contribution in [0.3, 0.4) is 0 Å². The summed E-state index contributed by atoms with van der Waals surface area (Å²) in [6.45, 7) is 11.6. The summed E-state index contributed by atoms with van der Waals surface area (Å²) in [5.41, 5.74) is 4.63. The molecule has 15 nitrogen and oxygen atoms in total. The maximum absolute atomic E-state index is 12.7. The highest BCUT2D eigenvalue weighted by molar-refractivity contribution is 5.82. The summed E-state index contributed by atoms with van der Waals surface area (Å²) >= 11 is 0. The van der Waals surface area contributed by atoms with Gasteiger partial charge in [0.2, 0.25) is 11.8 Å². The van der Waals surface area contributed by atoms with Crippen molar-refractivity contribution in [3.63, 3.8) is 0 Å². The van der Waals surface area contributed by atoms with Gasteiger partial charge in [-0.05, 0) is 18.9 Å². The highest BCUT2D eigenvalue weighted by Crippen LogP contribution is 2.05. The van der Waals surface area contributed by atoms with Crippen LogP contribution in [0.2, 0.25) is 0 Å². The highest BCUT2D eigenvalue weighted by atomic mass is 16.4. The third kappa shape index (κ3) is 19.2. The van der Waals surface area contributed by atoms with Crippen molar-refractivity contribution in [3.8, 4) is 0 Å². The number of hydrogen-bond donors (Lipinski definition) is 6. The fraction of sp³-hybridized carbons (Fsp3) is 0.815. The molecule has 0 atom stereocenters. The normalized spacial score (nSPS) is 16.7. The summed E-state index contributed by atoms with van der Waals surface area (Å²) in [4.78, 5) is 66.9. The average Bonchev–Trinajstić information content (AvgIpc) is 2.91. The minimum Gasteiger partial charge on any atom is -0.480 e. The van der Waals surface area contributed by atoms with E-state index in [1.807, 2.05) is 16.7 Å². The third-order valence-corrected chi connectivity index (χ3v) is 6.95. The number of carbonyl (C=O) groups excluding carboxylic acids is 3. The quantitative estimate of drug-likeness (QED) is 0.101. The van der Waals surface area contributed by atoms with Crippen LogP contribution in [-0.4, -0.2) is 151 Å². The third-order valence-electron chi connectivity index (χ3n) is 6.95. The van der Waals surface area contributed by atoms with E-state index in [-0.39, 0.29) is 38.5 Å². The first-order valence-corrected chi connectivity index (χ1v) is 14.9. The number of carboxylic acids is 2.